The Morgan fingerprint density at radius 1 is 1.11 bits per heavy atom. The fourth-order valence-electron chi connectivity index (χ4n) is 3.41. The minimum atomic E-state index is -3.55. The van der Waals surface area contributed by atoms with Crippen molar-refractivity contribution in [3.63, 3.8) is 0 Å². The number of sulfonamides is 1. The highest BCUT2D eigenvalue weighted by Gasteiger charge is 2.33. The van der Waals surface area contributed by atoms with Crippen molar-refractivity contribution >= 4 is 15.9 Å². The molecule has 5 nitrogen and oxygen atoms in total. The van der Waals surface area contributed by atoms with Crippen LogP contribution < -0.4 is 5.32 Å². The van der Waals surface area contributed by atoms with Crippen LogP contribution in [0.1, 0.15) is 31.2 Å². The molecule has 0 bridgehead atoms. The molecule has 0 aromatic heterocycles. The summed E-state index contributed by atoms with van der Waals surface area (Å²) < 4.78 is 27.0. The lowest BCUT2D eigenvalue weighted by Crippen LogP contribution is -2.45. The molecule has 1 fully saturated rings. The van der Waals surface area contributed by atoms with Crippen LogP contribution in [0.3, 0.4) is 0 Å². The molecule has 1 saturated heterocycles. The van der Waals surface area contributed by atoms with E-state index < -0.39 is 10.0 Å². The lowest BCUT2D eigenvalue weighted by Gasteiger charge is -2.31. The number of piperidine rings is 1. The Bertz CT molecular complexity index is 854. The van der Waals surface area contributed by atoms with Crippen LogP contribution in [0.4, 0.5) is 0 Å². The molecule has 2 aromatic rings. The van der Waals surface area contributed by atoms with Gasteiger partial charge in [0.2, 0.25) is 15.9 Å². The lowest BCUT2D eigenvalue weighted by molar-refractivity contribution is -0.126. The van der Waals surface area contributed by atoms with E-state index in [1.54, 1.807) is 30.3 Å². The van der Waals surface area contributed by atoms with Crippen molar-refractivity contribution in [2.75, 3.05) is 19.6 Å². The summed E-state index contributed by atoms with van der Waals surface area (Å²) >= 11 is 0. The van der Waals surface area contributed by atoms with Gasteiger partial charge in [-0.2, -0.15) is 4.31 Å². The summed E-state index contributed by atoms with van der Waals surface area (Å²) in [6.07, 6.45) is 1.41. The van der Waals surface area contributed by atoms with Gasteiger partial charge < -0.3 is 5.32 Å². The number of rotatable bonds is 6. The molecule has 0 radical (unpaired) electrons. The third-order valence-corrected chi connectivity index (χ3v) is 6.97. The molecule has 6 heteroatoms. The average Bonchev–Trinajstić information content (AvgIpc) is 2.73. The quantitative estimate of drug-likeness (QED) is 0.830. The molecular formula is C21H26N2O3S. The number of nitrogens with one attached hydrogen (secondary N) is 1. The first kappa shape index (κ1) is 19.6. The molecule has 0 saturated carbocycles. The summed E-state index contributed by atoms with van der Waals surface area (Å²) in [6.45, 7) is 3.32. The standard InChI is InChI=1S/C21H26N2O3S/c1-17(18-9-4-2-5-10-18)15-22-21(24)19-11-8-14-23(16-19)27(25,26)20-12-6-3-7-13-20/h2-7,9-10,12-13,17,19H,8,11,14-16H2,1H3,(H,22,24). The van der Waals surface area contributed by atoms with Crippen LogP contribution in [0.15, 0.2) is 65.6 Å². The van der Waals surface area contributed by atoms with Gasteiger partial charge in [0, 0.05) is 19.6 Å². The van der Waals surface area contributed by atoms with Crippen LogP contribution in [-0.2, 0) is 14.8 Å². The van der Waals surface area contributed by atoms with E-state index >= 15 is 0 Å². The van der Waals surface area contributed by atoms with Gasteiger partial charge in [-0.1, -0.05) is 55.5 Å². The first-order valence-corrected chi connectivity index (χ1v) is 10.8. The van der Waals surface area contributed by atoms with Gasteiger partial charge in [-0.05, 0) is 36.5 Å². The highest BCUT2D eigenvalue weighted by molar-refractivity contribution is 7.89. The molecule has 1 amide bonds. The maximum absolute atomic E-state index is 12.8. The molecule has 1 aliphatic rings. The number of carbonyl (C=O) groups excluding carboxylic acids is 1. The minimum absolute atomic E-state index is 0.0641. The molecular weight excluding hydrogens is 360 g/mol. The van der Waals surface area contributed by atoms with Crippen LogP contribution in [0.2, 0.25) is 0 Å². The van der Waals surface area contributed by atoms with Crippen molar-refractivity contribution in [3.8, 4) is 0 Å². The van der Waals surface area contributed by atoms with Crippen LogP contribution in [0.5, 0.6) is 0 Å². The van der Waals surface area contributed by atoms with Crippen molar-refractivity contribution in [1.29, 1.82) is 0 Å². The van der Waals surface area contributed by atoms with E-state index in [2.05, 4.69) is 12.2 Å². The average molecular weight is 387 g/mol. The van der Waals surface area contributed by atoms with E-state index in [-0.39, 0.29) is 29.2 Å². The Labute approximate surface area is 161 Å². The van der Waals surface area contributed by atoms with Gasteiger partial charge in [-0.25, -0.2) is 8.42 Å². The van der Waals surface area contributed by atoms with Crippen molar-refractivity contribution in [2.24, 2.45) is 5.92 Å². The van der Waals surface area contributed by atoms with E-state index in [0.717, 1.165) is 0 Å². The van der Waals surface area contributed by atoms with Crippen LogP contribution >= 0.6 is 0 Å². The summed E-state index contributed by atoms with van der Waals surface area (Å²) in [7, 11) is -3.55. The number of hydrogen-bond acceptors (Lipinski definition) is 3. The fourth-order valence-corrected chi connectivity index (χ4v) is 4.96. The highest BCUT2D eigenvalue weighted by Crippen LogP contribution is 2.24. The van der Waals surface area contributed by atoms with Gasteiger partial charge in [0.25, 0.3) is 0 Å². The highest BCUT2D eigenvalue weighted by atomic mass is 32.2. The molecule has 3 rings (SSSR count). The number of benzene rings is 2. The second kappa shape index (κ2) is 8.67. The van der Waals surface area contributed by atoms with Gasteiger partial charge in [0.05, 0.1) is 10.8 Å². The lowest BCUT2D eigenvalue weighted by atomic mass is 9.97. The van der Waals surface area contributed by atoms with Crippen molar-refractivity contribution in [3.05, 3.63) is 66.2 Å². The first-order valence-electron chi connectivity index (χ1n) is 9.36. The molecule has 2 aromatic carbocycles. The molecule has 144 valence electrons. The van der Waals surface area contributed by atoms with E-state index in [4.69, 9.17) is 0 Å². The second-order valence-corrected chi connectivity index (χ2v) is 9.01. The van der Waals surface area contributed by atoms with Gasteiger partial charge >= 0.3 is 0 Å². The predicted molar refractivity (Wildman–Crippen MR) is 106 cm³/mol. The molecule has 27 heavy (non-hydrogen) atoms. The molecule has 0 aliphatic carbocycles. The Balaban J connectivity index is 1.60. The van der Waals surface area contributed by atoms with Crippen LogP contribution in [0.25, 0.3) is 0 Å². The summed E-state index contributed by atoms with van der Waals surface area (Å²) in [5, 5.41) is 3.00. The molecule has 2 atom stereocenters. The van der Waals surface area contributed by atoms with E-state index in [9.17, 15) is 13.2 Å². The topological polar surface area (TPSA) is 66.5 Å². The molecule has 1 aliphatic heterocycles. The fraction of sp³-hybridized carbons (Fsp3) is 0.381. The number of hydrogen-bond donors (Lipinski definition) is 1. The molecule has 1 heterocycles. The van der Waals surface area contributed by atoms with Gasteiger partial charge in [0.15, 0.2) is 0 Å². The molecule has 2 unspecified atom stereocenters. The number of nitrogens with zero attached hydrogens (tertiary/aromatic N) is 1. The van der Waals surface area contributed by atoms with Crippen LogP contribution in [-0.4, -0.2) is 38.3 Å². The van der Waals surface area contributed by atoms with E-state index in [1.165, 1.54) is 9.87 Å². The third-order valence-electron chi connectivity index (χ3n) is 5.09. The van der Waals surface area contributed by atoms with Gasteiger partial charge in [-0.3, -0.25) is 4.79 Å². The predicted octanol–water partition coefficient (Wildman–Crippen LogP) is 3.01. The zero-order chi connectivity index (χ0) is 19.3. The Hall–Kier alpha value is -2.18. The maximum Gasteiger partial charge on any atom is 0.243 e. The Kier molecular flexibility index (Phi) is 6.29. The number of amides is 1. The molecule has 0 spiro atoms. The maximum atomic E-state index is 12.8. The van der Waals surface area contributed by atoms with Crippen molar-refractivity contribution in [1.82, 2.24) is 9.62 Å². The van der Waals surface area contributed by atoms with Gasteiger partial charge in [0.1, 0.15) is 0 Å². The Morgan fingerprint density at radius 2 is 1.74 bits per heavy atom. The first-order chi connectivity index (χ1) is 13.0. The Morgan fingerprint density at radius 3 is 2.41 bits per heavy atom. The van der Waals surface area contributed by atoms with Crippen molar-refractivity contribution in [2.45, 2.75) is 30.6 Å². The van der Waals surface area contributed by atoms with Crippen LogP contribution in [0, 0.1) is 5.92 Å². The summed E-state index contributed by atoms with van der Waals surface area (Å²) in [5.74, 6) is -0.158. The summed E-state index contributed by atoms with van der Waals surface area (Å²) in [5.41, 5.74) is 1.18. The second-order valence-electron chi connectivity index (χ2n) is 7.07. The normalized spacial score (nSPS) is 19.4. The largest absolute Gasteiger partial charge is 0.355 e. The summed E-state index contributed by atoms with van der Waals surface area (Å²) in [6, 6.07) is 18.5. The molecule has 1 N–H and O–H groups in total. The monoisotopic (exact) mass is 386 g/mol. The zero-order valence-corrected chi connectivity index (χ0v) is 16.4. The van der Waals surface area contributed by atoms with Crippen molar-refractivity contribution < 1.29 is 13.2 Å². The minimum Gasteiger partial charge on any atom is -0.355 e. The zero-order valence-electron chi connectivity index (χ0n) is 15.5. The van der Waals surface area contributed by atoms with Gasteiger partial charge in [-0.15, -0.1) is 0 Å². The summed E-state index contributed by atoms with van der Waals surface area (Å²) in [4.78, 5) is 12.9. The van der Waals surface area contributed by atoms with E-state index in [1.807, 2.05) is 30.3 Å². The smallest absolute Gasteiger partial charge is 0.243 e. The SMILES string of the molecule is CC(CNC(=O)C1CCCN(S(=O)(=O)c2ccccc2)C1)c1ccccc1. The third kappa shape index (κ3) is 4.76. The number of carbonyl (C=O) groups is 1. The van der Waals surface area contributed by atoms with E-state index in [0.29, 0.717) is 25.9 Å².